The molecule has 1 heterocycles. The van der Waals surface area contributed by atoms with Crippen LogP contribution in [0.4, 0.5) is 0 Å². The fraction of sp³-hybridized carbons (Fsp3) is 0.250. The molecule has 0 bridgehead atoms. The number of pyridine rings is 1. The number of H-pyrrole nitrogens is 1. The third-order valence-corrected chi connectivity index (χ3v) is 2.16. The number of halogens is 1. The average Bonchev–Trinajstić information content (AvgIpc) is 2.09. The lowest BCUT2D eigenvalue weighted by molar-refractivity contribution is 0.0525. The van der Waals surface area contributed by atoms with Gasteiger partial charge in [-0.15, -0.1) is 0 Å². The van der Waals surface area contributed by atoms with Crippen LogP contribution >= 0.6 is 28.1 Å². The maximum atomic E-state index is 11.3. The summed E-state index contributed by atoms with van der Waals surface area (Å²) < 4.78 is 5.98. The van der Waals surface area contributed by atoms with E-state index < -0.39 is 5.97 Å². The zero-order valence-corrected chi connectivity index (χ0v) is 9.37. The minimum Gasteiger partial charge on any atom is -0.462 e. The number of nitrogens with one attached hydrogen (secondary N) is 1. The van der Waals surface area contributed by atoms with Crippen LogP contribution in [0, 0.1) is 4.64 Å². The van der Waals surface area contributed by atoms with E-state index in [1.165, 1.54) is 0 Å². The Kier molecular flexibility index (Phi) is 3.62. The number of hydrogen-bond donors (Lipinski definition) is 1. The van der Waals surface area contributed by atoms with Crippen LogP contribution < -0.4 is 0 Å². The van der Waals surface area contributed by atoms with Gasteiger partial charge in [0, 0.05) is 10.7 Å². The summed E-state index contributed by atoms with van der Waals surface area (Å²) in [7, 11) is 0. The van der Waals surface area contributed by atoms with Gasteiger partial charge in [-0.2, -0.15) is 0 Å². The molecule has 0 aliphatic rings. The van der Waals surface area contributed by atoms with E-state index in [9.17, 15) is 4.79 Å². The van der Waals surface area contributed by atoms with Crippen molar-refractivity contribution in [3.8, 4) is 0 Å². The van der Waals surface area contributed by atoms with Crippen LogP contribution in [-0.4, -0.2) is 17.6 Å². The molecule has 1 aromatic rings. The highest BCUT2D eigenvalue weighted by Crippen LogP contribution is 2.12. The van der Waals surface area contributed by atoms with Crippen molar-refractivity contribution >= 4 is 34.1 Å². The Morgan fingerprint density at radius 1 is 1.77 bits per heavy atom. The van der Waals surface area contributed by atoms with E-state index in [0.29, 0.717) is 16.8 Å². The number of rotatable bonds is 2. The highest BCUT2D eigenvalue weighted by Gasteiger charge is 2.08. The van der Waals surface area contributed by atoms with Gasteiger partial charge >= 0.3 is 5.97 Å². The molecule has 0 aromatic carbocycles. The van der Waals surface area contributed by atoms with E-state index in [-0.39, 0.29) is 0 Å². The van der Waals surface area contributed by atoms with Gasteiger partial charge in [-0.3, -0.25) is 0 Å². The maximum Gasteiger partial charge on any atom is 0.341 e. The Balaban J connectivity index is 3.06. The standard InChI is InChI=1S/C8H8BrNO2S/c1-2-12-8(11)6-3-5(9)4-10-7(6)13/h3-4H,2H2,1H3,(H,10,13). The monoisotopic (exact) mass is 261 g/mol. The van der Waals surface area contributed by atoms with Crippen LogP contribution in [-0.2, 0) is 4.74 Å². The molecule has 0 unspecified atom stereocenters. The zero-order valence-electron chi connectivity index (χ0n) is 6.96. The molecule has 0 fully saturated rings. The first-order valence-electron chi connectivity index (χ1n) is 3.70. The fourth-order valence-electron chi connectivity index (χ4n) is 0.818. The molecule has 3 nitrogen and oxygen atoms in total. The Labute approximate surface area is 89.2 Å². The predicted molar refractivity (Wildman–Crippen MR) is 55.3 cm³/mol. The van der Waals surface area contributed by atoms with Crippen molar-refractivity contribution in [2.24, 2.45) is 0 Å². The number of carbonyl (C=O) groups excluding carboxylic acids is 1. The minimum atomic E-state index is -0.398. The SMILES string of the molecule is CCOC(=O)c1cc(Br)c[nH]c1=S. The predicted octanol–water partition coefficient (Wildman–Crippen LogP) is 2.68. The van der Waals surface area contributed by atoms with Crippen molar-refractivity contribution < 1.29 is 9.53 Å². The van der Waals surface area contributed by atoms with Gasteiger partial charge in [0.1, 0.15) is 4.64 Å². The zero-order chi connectivity index (χ0) is 9.84. The van der Waals surface area contributed by atoms with Crippen molar-refractivity contribution in [2.75, 3.05) is 6.61 Å². The number of aromatic nitrogens is 1. The molecular formula is C8H8BrNO2S. The van der Waals surface area contributed by atoms with Crippen molar-refractivity contribution in [1.29, 1.82) is 0 Å². The number of hydrogen-bond acceptors (Lipinski definition) is 3. The van der Waals surface area contributed by atoms with Gasteiger partial charge in [0.25, 0.3) is 0 Å². The summed E-state index contributed by atoms with van der Waals surface area (Å²) in [5.74, 6) is -0.398. The minimum absolute atomic E-state index is 0.347. The van der Waals surface area contributed by atoms with Crippen LogP contribution in [0.3, 0.4) is 0 Å². The van der Waals surface area contributed by atoms with Gasteiger partial charge in [-0.05, 0) is 28.9 Å². The summed E-state index contributed by atoms with van der Waals surface area (Å²) in [6.45, 7) is 2.10. The largest absolute Gasteiger partial charge is 0.462 e. The highest BCUT2D eigenvalue weighted by molar-refractivity contribution is 9.10. The number of carbonyl (C=O) groups is 1. The van der Waals surface area contributed by atoms with E-state index in [4.69, 9.17) is 17.0 Å². The van der Waals surface area contributed by atoms with E-state index in [2.05, 4.69) is 20.9 Å². The van der Waals surface area contributed by atoms with E-state index in [0.717, 1.165) is 4.47 Å². The Hall–Kier alpha value is -0.680. The van der Waals surface area contributed by atoms with Crippen LogP contribution in [0.25, 0.3) is 0 Å². The summed E-state index contributed by atoms with van der Waals surface area (Å²) >= 11 is 8.16. The van der Waals surface area contributed by atoms with Crippen molar-refractivity contribution in [1.82, 2.24) is 4.98 Å². The molecule has 0 radical (unpaired) electrons. The first kappa shape index (κ1) is 10.4. The highest BCUT2D eigenvalue weighted by atomic mass is 79.9. The molecule has 0 saturated carbocycles. The Morgan fingerprint density at radius 3 is 3.08 bits per heavy atom. The van der Waals surface area contributed by atoms with Gasteiger partial charge < -0.3 is 9.72 Å². The molecule has 13 heavy (non-hydrogen) atoms. The first-order valence-corrected chi connectivity index (χ1v) is 4.90. The molecule has 5 heteroatoms. The maximum absolute atomic E-state index is 11.3. The summed E-state index contributed by atoms with van der Waals surface area (Å²) in [5, 5.41) is 0. The molecular weight excluding hydrogens is 254 g/mol. The molecule has 0 spiro atoms. The van der Waals surface area contributed by atoms with Gasteiger partial charge in [-0.1, -0.05) is 12.2 Å². The van der Waals surface area contributed by atoms with E-state index in [1.807, 2.05) is 0 Å². The summed E-state index contributed by atoms with van der Waals surface area (Å²) in [6.07, 6.45) is 1.67. The molecule has 1 aromatic heterocycles. The van der Waals surface area contributed by atoms with Gasteiger partial charge in [0.05, 0.1) is 12.2 Å². The van der Waals surface area contributed by atoms with Crippen molar-refractivity contribution in [3.63, 3.8) is 0 Å². The molecule has 1 N–H and O–H groups in total. The quantitative estimate of drug-likeness (QED) is 0.658. The normalized spacial score (nSPS) is 9.69. The smallest absolute Gasteiger partial charge is 0.341 e. The summed E-state index contributed by atoms with van der Waals surface area (Å²) in [5.41, 5.74) is 0.381. The Bertz CT molecular complexity index is 375. The van der Waals surface area contributed by atoms with Gasteiger partial charge in [0.2, 0.25) is 0 Å². The van der Waals surface area contributed by atoms with Gasteiger partial charge in [0.15, 0.2) is 0 Å². The molecule has 0 aliphatic heterocycles. The molecule has 0 amide bonds. The van der Waals surface area contributed by atoms with Crippen molar-refractivity contribution in [3.05, 3.63) is 26.9 Å². The van der Waals surface area contributed by atoms with Gasteiger partial charge in [-0.25, -0.2) is 4.79 Å². The summed E-state index contributed by atoms with van der Waals surface area (Å²) in [6, 6.07) is 1.64. The third-order valence-electron chi connectivity index (χ3n) is 1.36. The van der Waals surface area contributed by atoms with Crippen LogP contribution in [0.2, 0.25) is 0 Å². The van der Waals surface area contributed by atoms with Crippen LogP contribution in [0.15, 0.2) is 16.7 Å². The Morgan fingerprint density at radius 2 is 2.46 bits per heavy atom. The number of esters is 1. The third kappa shape index (κ3) is 2.63. The average molecular weight is 262 g/mol. The lowest BCUT2D eigenvalue weighted by Crippen LogP contribution is -2.05. The molecule has 70 valence electrons. The second-order valence-corrected chi connectivity index (χ2v) is 3.61. The van der Waals surface area contributed by atoms with Crippen LogP contribution in [0.5, 0.6) is 0 Å². The fourth-order valence-corrected chi connectivity index (χ4v) is 1.36. The second kappa shape index (κ2) is 4.53. The van der Waals surface area contributed by atoms with E-state index >= 15 is 0 Å². The topological polar surface area (TPSA) is 42.1 Å². The lowest BCUT2D eigenvalue weighted by atomic mass is 10.3. The second-order valence-electron chi connectivity index (χ2n) is 2.28. The summed E-state index contributed by atoms with van der Waals surface area (Å²) in [4.78, 5) is 14.1. The first-order chi connectivity index (χ1) is 6.15. The number of ether oxygens (including phenoxy) is 1. The molecule has 0 aliphatic carbocycles. The molecule has 0 atom stereocenters. The molecule has 0 saturated heterocycles. The number of aromatic amines is 1. The van der Waals surface area contributed by atoms with Crippen LogP contribution in [0.1, 0.15) is 17.3 Å². The lowest BCUT2D eigenvalue weighted by Gasteiger charge is -2.01. The molecule has 1 rings (SSSR count). The van der Waals surface area contributed by atoms with Crippen molar-refractivity contribution in [2.45, 2.75) is 6.92 Å². The van der Waals surface area contributed by atoms with E-state index in [1.54, 1.807) is 19.2 Å².